The van der Waals surface area contributed by atoms with Gasteiger partial charge in [0.2, 0.25) is 0 Å². The topological polar surface area (TPSA) is 15.3 Å². The molecule has 0 saturated heterocycles. The van der Waals surface area contributed by atoms with Gasteiger partial charge in [-0.25, -0.2) is 4.39 Å². The Morgan fingerprint density at radius 2 is 1.62 bits per heavy atom. The lowest BCUT2D eigenvalue weighted by Gasteiger charge is -2.26. The molecule has 2 aromatic rings. The van der Waals surface area contributed by atoms with E-state index in [1.165, 1.54) is 28.8 Å². The van der Waals surface area contributed by atoms with Gasteiger partial charge in [-0.1, -0.05) is 29.3 Å². The van der Waals surface area contributed by atoms with Crippen LogP contribution in [0.25, 0.3) is 0 Å². The third-order valence-electron chi connectivity index (χ3n) is 3.72. The van der Waals surface area contributed by atoms with Crippen LogP contribution in [0.3, 0.4) is 0 Å². The molecular weight excluding hydrogens is 263 g/mol. The highest BCUT2D eigenvalue weighted by atomic mass is 19.1. The van der Waals surface area contributed by atoms with Gasteiger partial charge in [-0.05, 0) is 50.7 Å². The summed E-state index contributed by atoms with van der Waals surface area (Å²) in [5.41, 5.74) is 4.84. The largest absolute Gasteiger partial charge is 0.373 e. The lowest BCUT2D eigenvalue weighted by Crippen LogP contribution is -2.31. The predicted octanol–water partition coefficient (Wildman–Crippen LogP) is 3.84. The number of hydrogen-bond donors (Lipinski definition) is 1. The Hall–Kier alpha value is -1.87. The highest BCUT2D eigenvalue weighted by Crippen LogP contribution is 2.21. The number of halogens is 1. The number of likely N-dealkylation sites (N-methyl/N-ethyl adjacent to an activating group) is 2. The second-order valence-electron chi connectivity index (χ2n) is 5.62. The molecule has 21 heavy (non-hydrogen) atoms. The molecule has 0 aliphatic heterocycles. The Morgan fingerprint density at radius 3 is 2.14 bits per heavy atom. The van der Waals surface area contributed by atoms with Gasteiger partial charge in [-0.15, -0.1) is 0 Å². The van der Waals surface area contributed by atoms with Crippen molar-refractivity contribution in [3.8, 4) is 0 Å². The van der Waals surface area contributed by atoms with Crippen LogP contribution in [0.1, 0.15) is 22.7 Å². The quantitative estimate of drug-likeness (QED) is 0.898. The van der Waals surface area contributed by atoms with Crippen LogP contribution in [0.5, 0.6) is 0 Å². The van der Waals surface area contributed by atoms with Crippen LogP contribution in [0.4, 0.5) is 10.1 Å². The molecule has 0 aromatic heterocycles. The fourth-order valence-corrected chi connectivity index (χ4v) is 2.65. The summed E-state index contributed by atoms with van der Waals surface area (Å²) in [4.78, 5) is 2.14. The minimum Gasteiger partial charge on any atom is -0.373 e. The van der Waals surface area contributed by atoms with Crippen LogP contribution in [0.2, 0.25) is 0 Å². The number of aryl methyl sites for hydroxylation is 2. The maximum Gasteiger partial charge on any atom is 0.123 e. The van der Waals surface area contributed by atoms with E-state index in [2.05, 4.69) is 42.3 Å². The van der Waals surface area contributed by atoms with Gasteiger partial charge in [0.15, 0.2) is 0 Å². The van der Waals surface area contributed by atoms with E-state index >= 15 is 0 Å². The lowest BCUT2D eigenvalue weighted by molar-refractivity contribution is 0.588. The van der Waals surface area contributed by atoms with Crippen LogP contribution < -0.4 is 10.2 Å². The van der Waals surface area contributed by atoms with Crippen molar-refractivity contribution in [2.24, 2.45) is 0 Å². The summed E-state index contributed by atoms with van der Waals surface area (Å²) in [6.07, 6.45) is 0. The van der Waals surface area contributed by atoms with Crippen molar-refractivity contribution in [3.63, 3.8) is 0 Å². The zero-order chi connectivity index (χ0) is 15.4. The molecule has 0 aliphatic carbocycles. The second-order valence-corrected chi connectivity index (χ2v) is 5.62. The summed E-state index contributed by atoms with van der Waals surface area (Å²) in [6.45, 7) is 5.06. The van der Waals surface area contributed by atoms with Crippen molar-refractivity contribution < 1.29 is 4.39 Å². The third-order valence-corrected chi connectivity index (χ3v) is 3.72. The molecule has 3 heteroatoms. The van der Waals surface area contributed by atoms with E-state index in [1.807, 2.05) is 26.2 Å². The van der Waals surface area contributed by atoms with Crippen molar-refractivity contribution in [1.82, 2.24) is 5.32 Å². The Labute approximate surface area is 126 Å². The van der Waals surface area contributed by atoms with Crippen molar-refractivity contribution in [1.29, 1.82) is 0 Å². The van der Waals surface area contributed by atoms with Crippen LogP contribution >= 0.6 is 0 Å². The molecule has 1 atom stereocenters. The molecule has 1 N–H and O–H groups in total. The maximum atomic E-state index is 13.0. The highest BCUT2D eigenvalue weighted by molar-refractivity contribution is 5.46. The van der Waals surface area contributed by atoms with Gasteiger partial charge in [-0.3, -0.25) is 0 Å². The first-order valence-corrected chi connectivity index (χ1v) is 7.22. The summed E-state index contributed by atoms with van der Waals surface area (Å²) >= 11 is 0. The first-order valence-electron chi connectivity index (χ1n) is 7.22. The average molecular weight is 286 g/mol. The van der Waals surface area contributed by atoms with Crippen LogP contribution in [0, 0.1) is 19.7 Å². The van der Waals surface area contributed by atoms with E-state index in [9.17, 15) is 4.39 Å². The van der Waals surface area contributed by atoms with E-state index in [1.54, 1.807) is 0 Å². The molecule has 0 saturated carbocycles. The van der Waals surface area contributed by atoms with Crippen LogP contribution in [-0.4, -0.2) is 20.6 Å². The van der Waals surface area contributed by atoms with Gasteiger partial charge < -0.3 is 10.2 Å². The van der Waals surface area contributed by atoms with E-state index in [-0.39, 0.29) is 11.9 Å². The number of hydrogen-bond acceptors (Lipinski definition) is 2. The molecule has 112 valence electrons. The SMILES string of the molecule is CNC(CN(C)c1ccc(F)cc1)c1cc(C)cc(C)c1. The number of rotatable bonds is 5. The van der Waals surface area contributed by atoms with Gasteiger partial charge in [-0.2, -0.15) is 0 Å². The zero-order valence-corrected chi connectivity index (χ0v) is 13.2. The van der Waals surface area contributed by atoms with Crippen molar-refractivity contribution in [3.05, 3.63) is 65.0 Å². The van der Waals surface area contributed by atoms with Crippen molar-refractivity contribution in [2.75, 3.05) is 25.5 Å². The van der Waals surface area contributed by atoms with Crippen molar-refractivity contribution >= 4 is 5.69 Å². The number of nitrogens with one attached hydrogen (secondary N) is 1. The minimum atomic E-state index is -0.202. The summed E-state index contributed by atoms with van der Waals surface area (Å²) < 4.78 is 13.0. The van der Waals surface area contributed by atoms with Crippen molar-refractivity contribution in [2.45, 2.75) is 19.9 Å². The van der Waals surface area contributed by atoms with E-state index < -0.39 is 0 Å². The predicted molar refractivity (Wildman–Crippen MR) is 87.4 cm³/mol. The summed E-state index contributed by atoms with van der Waals surface area (Å²) in [5.74, 6) is -0.202. The van der Waals surface area contributed by atoms with Gasteiger partial charge in [0.1, 0.15) is 5.82 Å². The van der Waals surface area contributed by atoms with Crippen LogP contribution in [-0.2, 0) is 0 Å². The molecule has 0 bridgehead atoms. The minimum absolute atomic E-state index is 0.202. The normalized spacial score (nSPS) is 12.2. The van der Waals surface area contributed by atoms with Gasteiger partial charge in [0.05, 0.1) is 0 Å². The standard InChI is InChI=1S/C18H23FN2/c1-13-9-14(2)11-15(10-13)18(20-3)12-21(4)17-7-5-16(19)6-8-17/h5-11,18,20H,12H2,1-4H3. The smallest absolute Gasteiger partial charge is 0.123 e. The Balaban J connectivity index is 2.16. The number of anilines is 1. The lowest BCUT2D eigenvalue weighted by atomic mass is 10.0. The molecule has 0 aliphatic rings. The monoisotopic (exact) mass is 286 g/mol. The summed E-state index contributed by atoms with van der Waals surface area (Å²) in [6, 6.07) is 13.5. The molecule has 0 radical (unpaired) electrons. The molecular formula is C18H23FN2. The Kier molecular flexibility index (Phi) is 4.97. The number of nitrogens with zero attached hydrogens (tertiary/aromatic N) is 1. The summed E-state index contributed by atoms with van der Waals surface area (Å²) in [7, 11) is 4.00. The van der Waals surface area contributed by atoms with Gasteiger partial charge >= 0.3 is 0 Å². The van der Waals surface area contributed by atoms with E-state index in [0.717, 1.165) is 12.2 Å². The molecule has 0 heterocycles. The average Bonchev–Trinajstić information content (AvgIpc) is 2.44. The molecule has 2 aromatic carbocycles. The zero-order valence-electron chi connectivity index (χ0n) is 13.2. The Morgan fingerprint density at radius 1 is 1.05 bits per heavy atom. The fourth-order valence-electron chi connectivity index (χ4n) is 2.65. The number of benzene rings is 2. The first-order chi connectivity index (χ1) is 9.99. The second kappa shape index (κ2) is 6.72. The third kappa shape index (κ3) is 4.05. The van der Waals surface area contributed by atoms with Gasteiger partial charge in [0, 0.05) is 25.3 Å². The highest BCUT2D eigenvalue weighted by Gasteiger charge is 2.13. The molecule has 0 spiro atoms. The molecule has 2 nitrogen and oxygen atoms in total. The molecule has 2 rings (SSSR count). The Bertz CT molecular complexity index is 572. The van der Waals surface area contributed by atoms with E-state index in [4.69, 9.17) is 0 Å². The van der Waals surface area contributed by atoms with Crippen LogP contribution in [0.15, 0.2) is 42.5 Å². The van der Waals surface area contributed by atoms with E-state index in [0.29, 0.717) is 0 Å². The molecule has 0 fully saturated rings. The molecule has 0 amide bonds. The first kappa shape index (κ1) is 15.5. The maximum absolute atomic E-state index is 13.0. The summed E-state index contributed by atoms with van der Waals surface area (Å²) in [5, 5.41) is 3.37. The fraction of sp³-hybridized carbons (Fsp3) is 0.333. The molecule has 1 unspecified atom stereocenters. The van der Waals surface area contributed by atoms with Gasteiger partial charge in [0.25, 0.3) is 0 Å².